The lowest BCUT2D eigenvalue weighted by atomic mass is 9.65. The standard InChI is InChI=1S/C20H37N/c1-13-12-14(2)20-11-9-10-15(20)21(19(6,7)8)17(16(13)20)18(3,4)5/h13-17H,9-12H2,1-8H3. The second-order valence-electron chi connectivity index (χ2n) is 10.5. The van der Waals surface area contributed by atoms with Crippen molar-refractivity contribution < 1.29 is 0 Å². The molecule has 1 saturated heterocycles. The summed E-state index contributed by atoms with van der Waals surface area (Å²) in [5.74, 6) is 2.73. The monoisotopic (exact) mass is 291 g/mol. The number of hydrogen-bond acceptors (Lipinski definition) is 1. The quantitative estimate of drug-likeness (QED) is 0.582. The summed E-state index contributed by atoms with van der Waals surface area (Å²) in [6, 6.07) is 1.59. The van der Waals surface area contributed by atoms with Crippen LogP contribution in [0.4, 0.5) is 0 Å². The molecule has 1 heterocycles. The van der Waals surface area contributed by atoms with Gasteiger partial charge in [0.05, 0.1) is 0 Å². The summed E-state index contributed by atoms with van der Waals surface area (Å²) in [7, 11) is 0. The van der Waals surface area contributed by atoms with E-state index in [-0.39, 0.29) is 0 Å². The Hall–Kier alpha value is -0.0400. The van der Waals surface area contributed by atoms with E-state index in [4.69, 9.17) is 0 Å². The van der Waals surface area contributed by atoms with Gasteiger partial charge in [0.1, 0.15) is 0 Å². The molecule has 2 aliphatic carbocycles. The molecule has 21 heavy (non-hydrogen) atoms. The van der Waals surface area contributed by atoms with Crippen molar-refractivity contribution in [2.45, 2.75) is 98.7 Å². The lowest BCUT2D eigenvalue weighted by Crippen LogP contribution is -2.55. The first-order chi connectivity index (χ1) is 9.51. The highest BCUT2D eigenvalue weighted by Crippen LogP contribution is 2.69. The van der Waals surface area contributed by atoms with E-state index < -0.39 is 0 Å². The molecule has 6 unspecified atom stereocenters. The molecule has 0 aromatic heterocycles. The topological polar surface area (TPSA) is 3.24 Å². The number of likely N-dealkylation sites (tertiary alicyclic amines) is 1. The average molecular weight is 292 g/mol. The third-order valence-electron chi connectivity index (χ3n) is 7.22. The van der Waals surface area contributed by atoms with Crippen LogP contribution in [0.1, 0.15) is 81.1 Å². The molecule has 0 aromatic carbocycles. The second-order valence-corrected chi connectivity index (χ2v) is 10.5. The fourth-order valence-electron chi connectivity index (χ4n) is 6.99. The minimum Gasteiger partial charge on any atom is -0.291 e. The van der Waals surface area contributed by atoms with Gasteiger partial charge >= 0.3 is 0 Å². The largest absolute Gasteiger partial charge is 0.291 e. The van der Waals surface area contributed by atoms with Crippen molar-refractivity contribution in [1.82, 2.24) is 4.90 Å². The van der Waals surface area contributed by atoms with Crippen LogP contribution in [0.2, 0.25) is 0 Å². The van der Waals surface area contributed by atoms with Gasteiger partial charge in [0.2, 0.25) is 0 Å². The molecule has 3 aliphatic rings. The van der Waals surface area contributed by atoms with E-state index in [9.17, 15) is 0 Å². The van der Waals surface area contributed by atoms with Crippen LogP contribution < -0.4 is 0 Å². The smallest absolute Gasteiger partial charge is 0.0189 e. The van der Waals surface area contributed by atoms with E-state index >= 15 is 0 Å². The Labute approximate surface area is 132 Å². The third-order valence-corrected chi connectivity index (χ3v) is 7.22. The maximum Gasteiger partial charge on any atom is 0.0189 e. The number of rotatable bonds is 0. The lowest BCUT2D eigenvalue weighted by molar-refractivity contribution is -0.000268. The molecule has 0 aromatic rings. The van der Waals surface area contributed by atoms with Crippen LogP contribution in [0.25, 0.3) is 0 Å². The van der Waals surface area contributed by atoms with Gasteiger partial charge < -0.3 is 0 Å². The van der Waals surface area contributed by atoms with Crippen LogP contribution in [-0.4, -0.2) is 22.5 Å². The highest BCUT2D eigenvalue weighted by molar-refractivity contribution is 5.21. The first-order valence-electron chi connectivity index (χ1n) is 9.29. The first kappa shape index (κ1) is 15.8. The fraction of sp³-hybridized carbons (Fsp3) is 1.00. The third kappa shape index (κ3) is 1.98. The van der Waals surface area contributed by atoms with Gasteiger partial charge in [0.15, 0.2) is 0 Å². The van der Waals surface area contributed by atoms with Crippen molar-refractivity contribution >= 4 is 0 Å². The molecular formula is C20H37N. The Bertz CT molecular complexity index is 411. The second kappa shape index (κ2) is 4.49. The van der Waals surface area contributed by atoms with Crippen LogP contribution in [0, 0.1) is 28.6 Å². The van der Waals surface area contributed by atoms with Crippen molar-refractivity contribution in [2.24, 2.45) is 28.6 Å². The molecule has 0 amide bonds. The zero-order valence-corrected chi connectivity index (χ0v) is 15.7. The van der Waals surface area contributed by atoms with E-state index in [0.717, 1.165) is 29.8 Å². The Balaban J connectivity index is 2.15. The molecule has 3 fully saturated rings. The van der Waals surface area contributed by atoms with Crippen LogP contribution in [0.15, 0.2) is 0 Å². The minimum absolute atomic E-state index is 0.295. The SMILES string of the molecule is CC1CC(C)C23CCCC2N(C(C)(C)C)C(C(C)(C)C)C13. The molecule has 1 aliphatic heterocycles. The van der Waals surface area contributed by atoms with E-state index in [0.29, 0.717) is 16.4 Å². The lowest BCUT2D eigenvalue weighted by Gasteiger charge is -2.48. The minimum atomic E-state index is 0.295. The molecule has 3 rings (SSSR count). The first-order valence-corrected chi connectivity index (χ1v) is 9.29. The van der Waals surface area contributed by atoms with Crippen molar-refractivity contribution in [2.75, 3.05) is 0 Å². The molecule has 2 saturated carbocycles. The molecule has 1 spiro atoms. The molecule has 122 valence electrons. The Morgan fingerprint density at radius 3 is 2.14 bits per heavy atom. The van der Waals surface area contributed by atoms with Gasteiger partial charge in [0.25, 0.3) is 0 Å². The highest BCUT2D eigenvalue weighted by atomic mass is 15.3. The molecule has 1 nitrogen and oxygen atoms in total. The van der Waals surface area contributed by atoms with Crippen molar-refractivity contribution in [3.8, 4) is 0 Å². The molecular weight excluding hydrogens is 254 g/mol. The summed E-state index contributed by atoms with van der Waals surface area (Å²) in [5.41, 5.74) is 1.31. The van der Waals surface area contributed by atoms with Crippen LogP contribution >= 0.6 is 0 Å². The summed E-state index contributed by atoms with van der Waals surface area (Å²) in [4.78, 5) is 2.98. The Morgan fingerprint density at radius 1 is 1.00 bits per heavy atom. The number of nitrogens with zero attached hydrogens (tertiary/aromatic N) is 1. The Morgan fingerprint density at radius 2 is 1.62 bits per heavy atom. The Kier molecular flexibility index (Phi) is 3.39. The van der Waals surface area contributed by atoms with Crippen molar-refractivity contribution in [1.29, 1.82) is 0 Å². The maximum atomic E-state index is 2.98. The van der Waals surface area contributed by atoms with Crippen molar-refractivity contribution in [3.63, 3.8) is 0 Å². The summed E-state index contributed by atoms with van der Waals surface area (Å²) >= 11 is 0. The van der Waals surface area contributed by atoms with Gasteiger partial charge in [-0.3, -0.25) is 4.90 Å². The van der Waals surface area contributed by atoms with E-state index in [1.807, 2.05) is 0 Å². The van der Waals surface area contributed by atoms with Crippen LogP contribution in [0.5, 0.6) is 0 Å². The molecule has 6 atom stereocenters. The summed E-state index contributed by atoms with van der Waals surface area (Å²) in [6.07, 6.45) is 5.86. The van der Waals surface area contributed by atoms with Gasteiger partial charge in [-0.2, -0.15) is 0 Å². The van der Waals surface area contributed by atoms with E-state index in [1.54, 1.807) is 0 Å². The summed E-state index contributed by atoms with van der Waals surface area (Å²) < 4.78 is 0. The van der Waals surface area contributed by atoms with Crippen LogP contribution in [0.3, 0.4) is 0 Å². The number of hydrogen-bond donors (Lipinski definition) is 0. The predicted octanol–water partition coefficient (Wildman–Crippen LogP) is 5.35. The highest BCUT2D eigenvalue weighted by Gasteiger charge is 2.69. The van der Waals surface area contributed by atoms with Crippen molar-refractivity contribution in [3.05, 3.63) is 0 Å². The predicted molar refractivity (Wildman–Crippen MR) is 91.3 cm³/mol. The molecule has 0 radical (unpaired) electrons. The maximum absolute atomic E-state index is 2.98. The fourth-order valence-corrected chi connectivity index (χ4v) is 6.99. The average Bonchev–Trinajstić information content (AvgIpc) is 2.85. The van der Waals surface area contributed by atoms with E-state index in [2.05, 4.69) is 60.3 Å². The zero-order valence-electron chi connectivity index (χ0n) is 15.7. The summed E-state index contributed by atoms with van der Waals surface area (Å²) in [5, 5.41) is 0. The van der Waals surface area contributed by atoms with Gasteiger partial charge in [-0.25, -0.2) is 0 Å². The molecule has 0 N–H and O–H groups in total. The van der Waals surface area contributed by atoms with Gasteiger partial charge in [-0.1, -0.05) is 41.0 Å². The van der Waals surface area contributed by atoms with E-state index in [1.165, 1.54) is 25.7 Å². The normalized spacial score (nSPS) is 47.7. The molecule has 0 bridgehead atoms. The van der Waals surface area contributed by atoms with Gasteiger partial charge in [0, 0.05) is 17.6 Å². The zero-order chi connectivity index (χ0) is 15.8. The van der Waals surface area contributed by atoms with Gasteiger partial charge in [-0.15, -0.1) is 0 Å². The molecule has 1 heteroatoms. The van der Waals surface area contributed by atoms with Crippen LogP contribution in [-0.2, 0) is 0 Å². The van der Waals surface area contributed by atoms with Gasteiger partial charge in [-0.05, 0) is 68.6 Å². The summed E-state index contributed by atoms with van der Waals surface area (Å²) in [6.45, 7) is 19.9.